The van der Waals surface area contributed by atoms with Gasteiger partial charge in [-0.3, -0.25) is 0 Å². The summed E-state index contributed by atoms with van der Waals surface area (Å²) in [4.78, 5) is 11.0. The zero-order chi connectivity index (χ0) is 14.8. The van der Waals surface area contributed by atoms with Crippen molar-refractivity contribution in [1.82, 2.24) is 0 Å². The predicted octanol–water partition coefficient (Wildman–Crippen LogP) is 4.53. The van der Waals surface area contributed by atoms with Crippen LogP contribution in [0.5, 0.6) is 0 Å². The molecule has 1 atom stereocenters. The maximum absolute atomic E-state index is 11.0. The molecule has 0 aromatic heterocycles. The number of aromatic carboxylic acids is 1. The quantitative estimate of drug-likeness (QED) is 0.876. The zero-order valence-electron chi connectivity index (χ0n) is 11.5. The number of aryl methyl sites for hydroxylation is 1. The molecule has 0 saturated heterocycles. The van der Waals surface area contributed by atoms with Crippen LogP contribution in [0.15, 0.2) is 42.5 Å². The van der Waals surface area contributed by atoms with Gasteiger partial charge in [0.2, 0.25) is 0 Å². The molecule has 4 heteroatoms. The second-order valence-electron chi connectivity index (χ2n) is 5.29. The second-order valence-corrected chi connectivity index (χ2v) is 5.69. The van der Waals surface area contributed by atoms with Crippen molar-refractivity contribution in [1.29, 1.82) is 0 Å². The molecule has 1 aliphatic carbocycles. The van der Waals surface area contributed by atoms with E-state index in [-0.39, 0.29) is 16.6 Å². The molecule has 0 heterocycles. The summed E-state index contributed by atoms with van der Waals surface area (Å²) in [5.41, 5.74) is 3.69. The molecule has 2 N–H and O–H groups in total. The number of nitrogens with one attached hydrogen (secondary N) is 1. The van der Waals surface area contributed by atoms with Gasteiger partial charge in [-0.1, -0.05) is 35.9 Å². The molecule has 0 fully saturated rings. The predicted molar refractivity (Wildman–Crippen MR) is 84.2 cm³/mol. The molecule has 108 valence electrons. The van der Waals surface area contributed by atoms with E-state index in [1.54, 1.807) is 18.2 Å². The molecular weight excluding hydrogens is 286 g/mol. The summed E-state index contributed by atoms with van der Waals surface area (Å²) in [5, 5.41) is 12.7. The number of carboxylic acid groups (broad SMARTS) is 1. The highest BCUT2D eigenvalue weighted by Crippen LogP contribution is 2.33. The largest absolute Gasteiger partial charge is 0.478 e. The van der Waals surface area contributed by atoms with Crippen molar-refractivity contribution in [2.45, 2.75) is 25.3 Å². The Balaban J connectivity index is 1.85. The van der Waals surface area contributed by atoms with E-state index in [4.69, 9.17) is 16.7 Å². The summed E-state index contributed by atoms with van der Waals surface area (Å²) in [6, 6.07) is 13.7. The van der Waals surface area contributed by atoms with Crippen LogP contribution in [0.1, 0.15) is 40.4 Å². The third kappa shape index (κ3) is 2.88. The number of carbonyl (C=O) groups is 1. The van der Waals surface area contributed by atoms with Gasteiger partial charge in [-0.25, -0.2) is 4.79 Å². The van der Waals surface area contributed by atoms with Crippen molar-refractivity contribution in [3.8, 4) is 0 Å². The van der Waals surface area contributed by atoms with Gasteiger partial charge in [-0.2, -0.15) is 0 Å². The fraction of sp³-hybridized carbons (Fsp3) is 0.235. The highest BCUT2D eigenvalue weighted by molar-refractivity contribution is 6.33. The van der Waals surface area contributed by atoms with Gasteiger partial charge in [-0.05, 0) is 48.6 Å². The summed E-state index contributed by atoms with van der Waals surface area (Å²) in [7, 11) is 0. The minimum atomic E-state index is -1.01. The van der Waals surface area contributed by atoms with Gasteiger partial charge in [0.05, 0.1) is 16.6 Å². The van der Waals surface area contributed by atoms with Crippen molar-refractivity contribution in [3.63, 3.8) is 0 Å². The first-order valence-electron chi connectivity index (χ1n) is 7.02. The molecule has 3 rings (SSSR count). The third-order valence-corrected chi connectivity index (χ3v) is 4.22. The smallest absolute Gasteiger partial charge is 0.337 e. The second kappa shape index (κ2) is 5.78. The van der Waals surface area contributed by atoms with Gasteiger partial charge in [0.25, 0.3) is 0 Å². The van der Waals surface area contributed by atoms with Crippen LogP contribution in [0.4, 0.5) is 5.69 Å². The number of benzene rings is 2. The molecule has 2 aromatic rings. The van der Waals surface area contributed by atoms with E-state index in [1.807, 2.05) is 0 Å². The first-order chi connectivity index (χ1) is 10.1. The van der Waals surface area contributed by atoms with Gasteiger partial charge in [0.1, 0.15) is 0 Å². The summed E-state index contributed by atoms with van der Waals surface area (Å²) >= 11 is 6.02. The number of rotatable bonds is 3. The summed E-state index contributed by atoms with van der Waals surface area (Å²) in [6.45, 7) is 0. The lowest BCUT2D eigenvalue weighted by Gasteiger charge is -2.27. The normalized spacial score (nSPS) is 17.1. The van der Waals surface area contributed by atoms with Gasteiger partial charge < -0.3 is 10.4 Å². The number of carboxylic acids is 1. The van der Waals surface area contributed by atoms with Gasteiger partial charge in [0.15, 0.2) is 0 Å². The van der Waals surface area contributed by atoms with Crippen molar-refractivity contribution in [2.24, 2.45) is 0 Å². The average molecular weight is 302 g/mol. The molecule has 2 aromatic carbocycles. The fourth-order valence-corrected chi connectivity index (χ4v) is 3.14. The Labute approximate surface area is 128 Å². The topological polar surface area (TPSA) is 49.3 Å². The van der Waals surface area contributed by atoms with Crippen LogP contribution in [0.2, 0.25) is 5.02 Å². The van der Waals surface area contributed by atoms with E-state index in [0.717, 1.165) is 24.9 Å². The summed E-state index contributed by atoms with van der Waals surface area (Å²) < 4.78 is 0. The van der Waals surface area contributed by atoms with E-state index in [9.17, 15) is 4.79 Å². The van der Waals surface area contributed by atoms with Gasteiger partial charge in [-0.15, -0.1) is 0 Å². The maximum Gasteiger partial charge on any atom is 0.337 e. The molecule has 1 unspecified atom stereocenters. The van der Waals surface area contributed by atoms with E-state index in [0.29, 0.717) is 0 Å². The first-order valence-corrected chi connectivity index (χ1v) is 7.40. The van der Waals surface area contributed by atoms with Crippen molar-refractivity contribution >= 4 is 23.3 Å². The maximum atomic E-state index is 11.0. The number of fused-ring (bicyclic) bond motifs is 1. The van der Waals surface area contributed by atoms with E-state index in [2.05, 4.69) is 29.6 Å². The number of hydrogen-bond donors (Lipinski definition) is 2. The average Bonchev–Trinajstić information content (AvgIpc) is 2.47. The van der Waals surface area contributed by atoms with Crippen molar-refractivity contribution < 1.29 is 9.90 Å². The Kier molecular flexibility index (Phi) is 3.84. The van der Waals surface area contributed by atoms with E-state index < -0.39 is 5.97 Å². The van der Waals surface area contributed by atoms with E-state index in [1.165, 1.54) is 11.1 Å². The fourth-order valence-electron chi connectivity index (χ4n) is 2.88. The molecule has 0 amide bonds. The molecule has 0 radical (unpaired) electrons. The van der Waals surface area contributed by atoms with Gasteiger partial charge in [0, 0.05) is 5.69 Å². The molecular formula is C17H16ClNO2. The zero-order valence-corrected chi connectivity index (χ0v) is 12.2. The molecule has 1 aliphatic rings. The highest BCUT2D eigenvalue weighted by atomic mass is 35.5. The summed E-state index contributed by atoms with van der Waals surface area (Å²) in [6.07, 6.45) is 3.33. The number of halogens is 1. The Morgan fingerprint density at radius 2 is 2.05 bits per heavy atom. The Morgan fingerprint density at radius 3 is 2.81 bits per heavy atom. The van der Waals surface area contributed by atoms with Gasteiger partial charge >= 0.3 is 5.97 Å². The van der Waals surface area contributed by atoms with Crippen LogP contribution < -0.4 is 5.32 Å². The third-order valence-electron chi connectivity index (χ3n) is 3.91. The van der Waals surface area contributed by atoms with Crippen LogP contribution in [0.3, 0.4) is 0 Å². The molecule has 3 nitrogen and oxygen atoms in total. The lowest BCUT2D eigenvalue weighted by atomic mass is 9.87. The lowest BCUT2D eigenvalue weighted by Crippen LogP contribution is -2.17. The molecule has 0 spiro atoms. The minimum absolute atomic E-state index is 0.131. The highest BCUT2D eigenvalue weighted by Gasteiger charge is 2.20. The lowest BCUT2D eigenvalue weighted by molar-refractivity contribution is 0.0697. The van der Waals surface area contributed by atoms with Crippen LogP contribution in [0.25, 0.3) is 0 Å². The summed E-state index contributed by atoms with van der Waals surface area (Å²) in [5.74, 6) is -1.01. The SMILES string of the molecule is O=C(O)c1ccc(NC2CCCc3ccccc32)cc1Cl. The van der Waals surface area contributed by atoms with Crippen LogP contribution >= 0.6 is 11.6 Å². The number of hydrogen-bond acceptors (Lipinski definition) is 2. The Morgan fingerprint density at radius 1 is 1.24 bits per heavy atom. The van der Waals surface area contributed by atoms with Crippen molar-refractivity contribution in [3.05, 3.63) is 64.2 Å². The van der Waals surface area contributed by atoms with Crippen LogP contribution in [0, 0.1) is 0 Å². The standard InChI is InChI=1S/C17H16ClNO2/c18-15-10-12(8-9-14(15)17(20)21)19-16-7-3-5-11-4-1-2-6-13(11)16/h1-2,4,6,8-10,16,19H,3,5,7H2,(H,20,21). The minimum Gasteiger partial charge on any atom is -0.478 e. The Bertz CT molecular complexity index is 684. The first kappa shape index (κ1) is 14.0. The van der Waals surface area contributed by atoms with Crippen LogP contribution in [-0.4, -0.2) is 11.1 Å². The van der Waals surface area contributed by atoms with E-state index >= 15 is 0 Å². The van der Waals surface area contributed by atoms with Crippen LogP contribution in [-0.2, 0) is 6.42 Å². The number of anilines is 1. The molecule has 0 aliphatic heterocycles. The molecule has 0 bridgehead atoms. The molecule has 21 heavy (non-hydrogen) atoms. The van der Waals surface area contributed by atoms with Crippen molar-refractivity contribution in [2.75, 3.05) is 5.32 Å². The monoisotopic (exact) mass is 301 g/mol. The Hall–Kier alpha value is -2.00. The molecule has 0 saturated carbocycles.